The summed E-state index contributed by atoms with van der Waals surface area (Å²) in [6.07, 6.45) is 4.30. The highest BCUT2D eigenvalue weighted by Gasteiger charge is 2.41. The van der Waals surface area contributed by atoms with Gasteiger partial charge in [0.05, 0.1) is 0 Å². The zero-order valence-corrected chi connectivity index (χ0v) is 13.3. The standard InChI is InChI=1S/C13H30O3Si/c1-6-10-14-17(12-8-3,15-11-7-2)16-13(5)9-4/h13H,6-12H2,1-5H3. The third kappa shape index (κ3) is 7.19. The highest BCUT2D eigenvalue weighted by atomic mass is 28.4. The fourth-order valence-electron chi connectivity index (χ4n) is 1.52. The van der Waals surface area contributed by atoms with Crippen LogP contribution in [-0.2, 0) is 13.3 Å². The molecule has 0 amide bonds. The largest absolute Gasteiger partial charge is 0.501 e. The molecule has 104 valence electrons. The highest BCUT2D eigenvalue weighted by Crippen LogP contribution is 2.21. The molecule has 0 bridgehead atoms. The first kappa shape index (κ1) is 17.1. The highest BCUT2D eigenvalue weighted by molar-refractivity contribution is 6.60. The summed E-state index contributed by atoms with van der Waals surface area (Å²) in [6, 6.07) is 0.928. The first-order chi connectivity index (χ1) is 8.14. The first-order valence-electron chi connectivity index (χ1n) is 7.09. The van der Waals surface area contributed by atoms with Crippen LogP contribution in [0.25, 0.3) is 0 Å². The van der Waals surface area contributed by atoms with E-state index in [0.717, 1.165) is 44.9 Å². The minimum atomic E-state index is -2.42. The van der Waals surface area contributed by atoms with Crippen LogP contribution in [0.1, 0.15) is 60.3 Å². The van der Waals surface area contributed by atoms with Crippen molar-refractivity contribution in [2.24, 2.45) is 0 Å². The molecule has 0 aliphatic carbocycles. The minimum absolute atomic E-state index is 0.224. The van der Waals surface area contributed by atoms with Gasteiger partial charge in [0.2, 0.25) is 0 Å². The van der Waals surface area contributed by atoms with E-state index in [1.165, 1.54) is 0 Å². The Labute approximate surface area is 108 Å². The molecule has 3 nitrogen and oxygen atoms in total. The maximum absolute atomic E-state index is 6.13. The Morgan fingerprint density at radius 3 is 1.76 bits per heavy atom. The molecule has 0 fully saturated rings. The van der Waals surface area contributed by atoms with E-state index in [0.29, 0.717) is 0 Å². The average molecular weight is 262 g/mol. The van der Waals surface area contributed by atoms with Gasteiger partial charge in [0, 0.05) is 25.4 Å². The van der Waals surface area contributed by atoms with Crippen molar-refractivity contribution in [1.82, 2.24) is 0 Å². The van der Waals surface area contributed by atoms with E-state index < -0.39 is 8.80 Å². The van der Waals surface area contributed by atoms with E-state index in [2.05, 4.69) is 34.6 Å². The second-order valence-electron chi connectivity index (χ2n) is 4.47. The van der Waals surface area contributed by atoms with Gasteiger partial charge < -0.3 is 13.3 Å². The molecule has 0 aliphatic heterocycles. The monoisotopic (exact) mass is 262 g/mol. The zero-order chi connectivity index (χ0) is 13.1. The van der Waals surface area contributed by atoms with Crippen LogP contribution in [0.15, 0.2) is 0 Å². The summed E-state index contributed by atoms with van der Waals surface area (Å²) in [4.78, 5) is 0. The molecule has 0 aromatic heterocycles. The predicted molar refractivity (Wildman–Crippen MR) is 74.2 cm³/mol. The maximum atomic E-state index is 6.13. The fourth-order valence-corrected chi connectivity index (χ4v) is 4.57. The second-order valence-corrected chi connectivity index (χ2v) is 7.15. The lowest BCUT2D eigenvalue weighted by molar-refractivity contribution is 0.0310. The molecule has 0 spiro atoms. The van der Waals surface area contributed by atoms with Gasteiger partial charge in [-0.15, -0.1) is 0 Å². The molecule has 0 saturated heterocycles. The average Bonchev–Trinajstić information content (AvgIpc) is 2.34. The molecular weight excluding hydrogens is 232 g/mol. The molecule has 0 N–H and O–H groups in total. The van der Waals surface area contributed by atoms with Gasteiger partial charge in [-0.2, -0.15) is 0 Å². The molecule has 4 heteroatoms. The first-order valence-corrected chi connectivity index (χ1v) is 9.02. The van der Waals surface area contributed by atoms with Gasteiger partial charge in [-0.1, -0.05) is 34.1 Å². The van der Waals surface area contributed by atoms with E-state index in [4.69, 9.17) is 13.3 Å². The summed E-state index contributed by atoms with van der Waals surface area (Å²) in [5, 5.41) is 0. The molecule has 0 aromatic rings. The van der Waals surface area contributed by atoms with Crippen molar-refractivity contribution in [2.75, 3.05) is 13.2 Å². The van der Waals surface area contributed by atoms with Crippen molar-refractivity contribution in [3.8, 4) is 0 Å². The smallest absolute Gasteiger partial charge is 0.373 e. The maximum Gasteiger partial charge on any atom is 0.501 e. The quantitative estimate of drug-likeness (QED) is 0.527. The predicted octanol–water partition coefficient (Wildman–Crippen LogP) is 4.00. The molecule has 0 aliphatic rings. The van der Waals surface area contributed by atoms with E-state index in [-0.39, 0.29) is 6.10 Å². The Hall–Kier alpha value is 0.0969. The lowest BCUT2D eigenvalue weighted by Crippen LogP contribution is -2.48. The summed E-state index contributed by atoms with van der Waals surface area (Å²) < 4.78 is 18.1. The lowest BCUT2D eigenvalue weighted by atomic mass is 10.3. The number of hydrogen-bond acceptors (Lipinski definition) is 3. The Kier molecular flexibility index (Phi) is 10.1. The van der Waals surface area contributed by atoms with E-state index in [1.807, 2.05) is 0 Å². The fraction of sp³-hybridized carbons (Fsp3) is 1.00. The van der Waals surface area contributed by atoms with Crippen molar-refractivity contribution in [2.45, 2.75) is 72.5 Å². The van der Waals surface area contributed by atoms with Crippen molar-refractivity contribution in [3.63, 3.8) is 0 Å². The van der Waals surface area contributed by atoms with Crippen LogP contribution in [0.5, 0.6) is 0 Å². The van der Waals surface area contributed by atoms with Crippen LogP contribution < -0.4 is 0 Å². The summed E-state index contributed by atoms with van der Waals surface area (Å²) in [7, 11) is -2.42. The molecule has 0 saturated carbocycles. The molecule has 1 unspecified atom stereocenters. The van der Waals surface area contributed by atoms with Crippen molar-refractivity contribution < 1.29 is 13.3 Å². The Morgan fingerprint density at radius 2 is 1.41 bits per heavy atom. The molecule has 0 rings (SSSR count). The van der Waals surface area contributed by atoms with Gasteiger partial charge in [0.15, 0.2) is 0 Å². The molecule has 1 atom stereocenters. The van der Waals surface area contributed by atoms with E-state index >= 15 is 0 Å². The molecular formula is C13H30O3Si. The zero-order valence-electron chi connectivity index (χ0n) is 12.3. The topological polar surface area (TPSA) is 27.7 Å². The minimum Gasteiger partial charge on any atom is -0.373 e. The van der Waals surface area contributed by atoms with Crippen LogP contribution in [0.3, 0.4) is 0 Å². The number of hydrogen-bond donors (Lipinski definition) is 0. The van der Waals surface area contributed by atoms with Gasteiger partial charge in [-0.25, -0.2) is 0 Å². The SMILES string of the molecule is CCCO[Si](CCC)(OCCC)OC(C)CC. The molecule has 0 aromatic carbocycles. The third-order valence-corrected chi connectivity index (χ3v) is 5.73. The molecule has 0 radical (unpaired) electrons. The summed E-state index contributed by atoms with van der Waals surface area (Å²) in [6.45, 7) is 12.1. The third-order valence-electron chi connectivity index (χ3n) is 2.56. The summed E-state index contributed by atoms with van der Waals surface area (Å²) in [5.74, 6) is 0. The Morgan fingerprint density at radius 1 is 0.882 bits per heavy atom. The summed E-state index contributed by atoms with van der Waals surface area (Å²) >= 11 is 0. The van der Waals surface area contributed by atoms with Gasteiger partial charge in [-0.05, 0) is 26.2 Å². The van der Waals surface area contributed by atoms with Crippen molar-refractivity contribution in [3.05, 3.63) is 0 Å². The Bertz CT molecular complexity index is 168. The van der Waals surface area contributed by atoms with Crippen LogP contribution in [-0.4, -0.2) is 28.1 Å². The Balaban J connectivity index is 4.54. The van der Waals surface area contributed by atoms with Crippen LogP contribution in [0, 0.1) is 0 Å². The van der Waals surface area contributed by atoms with E-state index in [1.54, 1.807) is 0 Å². The van der Waals surface area contributed by atoms with Gasteiger partial charge >= 0.3 is 8.80 Å². The number of rotatable bonds is 11. The summed E-state index contributed by atoms with van der Waals surface area (Å²) in [5.41, 5.74) is 0. The normalized spacial score (nSPS) is 13.9. The van der Waals surface area contributed by atoms with Crippen LogP contribution in [0.4, 0.5) is 0 Å². The van der Waals surface area contributed by atoms with Crippen molar-refractivity contribution in [1.29, 1.82) is 0 Å². The van der Waals surface area contributed by atoms with Crippen molar-refractivity contribution >= 4 is 8.80 Å². The van der Waals surface area contributed by atoms with Gasteiger partial charge in [-0.3, -0.25) is 0 Å². The van der Waals surface area contributed by atoms with Crippen LogP contribution in [0.2, 0.25) is 6.04 Å². The second kappa shape index (κ2) is 10.1. The van der Waals surface area contributed by atoms with Gasteiger partial charge in [0.1, 0.15) is 0 Å². The van der Waals surface area contributed by atoms with Gasteiger partial charge in [0.25, 0.3) is 0 Å². The lowest BCUT2D eigenvalue weighted by Gasteiger charge is -2.31. The molecule has 17 heavy (non-hydrogen) atoms. The molecule has 0 heterocycles. The van der Waals surface area contributed by atoms with Crippen LogP contribution >= 0.6 is 0 Å². The van der Waals surface area contributed by atoms with E-state index in [9.17, 15) is 0 Å².